The molecule has 8 heteroatoms. The first-order valence-corrected chi connectivity index (χ1v) is 7.55. The van der Waals surface area contributed by atoms with E-state index in [2.05, 4.69) is 25.5 Å². The lowest BCUT2D eigenvalue weighted by Gasteiger charge is -2.19. The summed E-state index contributed by atoms with van der Waals surface area (Å²) in [6, 6.07) is 1.67. The third-order valence-electron chi connectivity index (χ3n) is 4.70. The monoisotopic (exact) mass is 314 g/mol. The standard InChI is InChI=1S/C15H18N6O2/c1-16-14-9-2-3-21(15(9)18-7-17-14)11-4-10(12(22)13(11)23)8-5-19-20-6-8/h2-3,5-7,10-13,22-23H,4H2,1H3,(H,19,20)(H,16,17,18)/t10-,11-,12-,13+/m1/s1. The van der Waals surface area contributed by atoms with Crippen molar-refractivity contribution in [3.05, 3.63) is 36.5 Å². The maximum atomic E-state index is 10.5. The third kappa shape index (κ3) is 2.10. The largest absolute Gasteiger partial charge is 0.390 e. The van der Waals surface area contributed by atoms with Crippen LogP contribution in [0.1, 0.15) is 23.9 Å². The number of anilines is 1. The van der Waals surface area contributed by atoms with Gasteiger partial charge in [0.05, 0.1) is 23.7 Å². The smallest absolute Gasteiger partial charge is 0.145 e. The van der Waals surface area contributed by atoms with E-state index in [0.29, 0.717) is 6.42 Å². The maximum absolute atomic E-state index is 10.5. The van der Waals surface area contributed by atoms with Crippen LogP contribution in [0.5, 0.6) is 0 Å². The average molecular weight is 314 g/mol. The van der Waals surface area contributed by atoms with Gasteiger partial charge in [0.1, 0.15) is 23.9 Å². The molecule has 3 aromatic rings. The van der Waals surface area contributed by atoms with Crippen molar-refractivity contribution >= 4 is 16.9 Å². The number of aliphatic hydroxyl groups excluding tert-OH is 2. The van der Waals surface area contributed by atoms with Gasteiger partial charge in [-0.2, -0.15) is 5.10 Å². The minimum Gasteiger partial charge on any atom is -0.390 e. The number of nitrogens with one attached hydrogen (secondary N) is 2. The molecule has 3 aromatic heterocycles. The van der Waals surface area contributed by atoms with E-state index in [4.69, 9.17) is 0 Å². The average Bonchev–Trinajstić information content (AvgIpc) is 3.28. The highest BCUT2D eigenvalue weighted by Gasteiger charge is 2.43. The molecule has 0 aliphatic heterocycles. The Morgan fingerprint density at radius 2 is 2.17 bits per heavy atom. The minimum absolute atomic E-state index is 0.156. The quantitative estimate of drug-likeness (QED) is 0.565. The summed E-state index contributed by atoms with van der Waals surface area (Å²) in [6.07, 6.45) is 5.76. The Labute approximate surface area is 132 Å². The van der Waals surface area contributed by atoms with Crippen LogP contribution >= 0.6 is 0 Å². The Balaban J connectivity index is 1.74. The summed E-state index contributed by atoms with van der Waals surface area (Å²) in [5, 5.41) is 31.6. The van der Waals surface area contributed by atoms with Gasteiger partial charge in [-0.05, 0) is 18.1 Å². The van der Waals surface area contributed by atoms with Gasteiger partial charge in [0.2, 0.25) is 0 Å². The fourth-order valence-electron chi connectivity index (χ4n) is 3.52. The van der Waals surface area contributed by atoms with E-state index < -0.39 is 12.2 Å². The normalized spacial score (nSPS) is 27.6. The van der Waals surface area contributed by atoms with Gasteiger partial charge in [-0.15, -0.1) is 0 Å². The second-order valence-electron chi connectivity index (χ2n) is 5.85. The van der Waals surface area contributed by atoms with Crippen molar-refractivity contribution in [3.8, 4) is 0 Å². The summed E-state index contributed by atoms with van der Waals surface area (Å²) < 4.78 is 1.92. The van der Waals surface area contributed by atoms with Gasteiger partial charge in [0, 0.05) is 25.4 Å². The van der Waals surface area contributed by atoms with Gasteiger partial charge in [-0.1, -0.05) is 0 Å². The second kappa shape index (κ2) is 5.32. The minimum atomic E-state index is -0.862. The van der Waals surface area contributed by atoms with E-state index in [9.17, 15) is 10.2 Å². The molecule has 4 atom stereocenters. The van der Waals surface area contributed by atoms with Crippen LogP contribution in [-0.2, 0) is 0 Å². The number of nitrogens with zero attached hydrogens (tertiary/aromatic N) is 4. The number of H-pyrrole nitrogens is 1. The molecule has 23 heavy (non-hydrogen) atoms. The van der Waals surface area contributed by atoms with E-state index in [0.717, 1.165) is 22.4 Å². The molecule has 0 aromatic carbocycles. The van der Waals surface area contributed by atoms with Crippen molar-refractivity contribution in [1.82, 2.24) is 24.7 Å². The molecular formula is C15H18N6O2. The van der Waals surface area contributed by atoms with Crippen molar-refractivity contribution in [1.29, 1.82) is 0 Å². The zero-order valence-electron chi connectivity index (χ0n) is 12.6. The lowest BCUT2D eigenvalue weighted by molar-refractivity contribution is 0.0179. The Kier molecular flexibility index (Phi) is 3.28. The highest BCUT2D eigenvalue weighted by atomic mass is 16.3. The maximum Gasteiger partial charge on any atom is 0.145 e. The van der Waals surface area contributed by atoms with Crippen LogP contribution in [0.3, 0.4) is 0 Å². The van der Waals surface area contributed by atoms with Gasteiger partial charge in [0.25, 0.3) is 0 Å². The van der Waals surface area contributed by atoms with Crippen LogP contribution in [0.25, 0.3) is 11.0 Å². The number of rotatable bonds is 3. The number of fused-ring (bicyclic) bond motifs is 1. The summed E-state index contributed by atoms with van der Waals surface area (Å²) in [5.74, 6) is 0.588. The molecule has 1 saturated carbocycles. The predicted octanol–water partition coefficient (Wildman–Crippen LogP) is 0.646. The van der Waals surface area contributed by atoms with Gasteiger partial charge in [0.15, 0.2) is 0 Å². The first kappa shape index (κ1) is 14.2. The molecule has 4 rings (SSSR count). The Morgan fingerprint density at radius 1 is 1.30 bits per heavy atom. The number of aliphatic hydroxyl groups is 2. The molecule has 0 bridgehead atoms. The molecule has 0 radical (unpaired) electrons. The van der Waals surface area contributed by atoms with E-state index in [1.54, 1.807) is 12.4 Å². The van der Waals surface area contributed by atoms with Crippen molar-refractivity contribution in [2.75, 3.05) is 12.4 Å². The molecule has 0 unspecified atom stereocenters. The first-order valence-electron chi connectivity index (χ1n) is 7.55. The second-order valence-corrected chi connectivity index (χ2v) is 5.85. The SMILES string of the molecule is CNc1ncnc2c1ccn2[C@@H]1C[C@H](c2cn[nH]c2)[C@@H](O)[C@H]1O. The number of aromatic nitrogens is 5. The summed E-state index contributed by atoms with van der Waals surface area (Å²) in [6.45, 7) is 0. The number of aromatic amines is 1. The van der Waals surface area contributed by atoms with E-state index in [-0.39, 0.29) is 12.0 Å². The molecule has 8 nitrogen and oxygen atoms in total. The topological polar surface area (TPSA) is 112 Å². The van der Waals surface area contributed by atoms with Crippen LogP contribution < -0.4 is 5.32 Å². The van der Waals surface area contributed by atoms with E-state index in [1.165, 1.54) is 6.33 Å². The zero-order valence-corrected chi connectivity index (χ0v) is 12.6. The van der Waals surface area contributed by atoms with Crippen molar-refractivity contribution in [2.45, 2.75) is 30.6 Å². The molecular weight excluding hydrogens is 296 g/mol. The molecule has 0 spiro atoms. The predicted molar refractivity (Wildman–Crippen MR) is 84.1 cm³/mol. The molecule has 120 valence electrons. The first-order chi connectivity index (χ1) is 11.2. The lowest BCUT2D eigenvalue weighted by Crippen LogP contribution is -2.28. The van der Waals surface area contributed by atoms with Gasteiger partial charge < -0.3 is 20.1 Å². The number of hydrogen-bond acceptors (Lipinski definition) is 6. The molecule has 0 saturated heterocycles. The van der Waals surface area contributed by atoms with Crippen LogP contribution in [0, 0.1) is 0 Å². The van der Waals surface area contributed by atoms with Crippen molar-refractivity contribution in [2.24, 2.45) is 0 Å². The van der Waals surface area contributed by atoms with Crippen molar-refractivity contribution in [3.63, 3.8) is 0 Å². The highest BCUT2D eigenvalue weighted by Crippen LogP contribution is 2.42. The highest BCUT2D eigenvalue weighted by molar-refractivity contribution is 5.87. The van der Waals surface area contributed by atoms with Crippen LogP contribution in [0.4, 0.5) is 5.82 Å². The molecule has 1 aliphatic rings. The van der Waals surface area contributed by atoms with Crippen molar-refractivity contribution < 1.29 is 10.2 Å². The Bertz CT molecular complexity index is 815. The molecule has 0 amide bonds. The molecule has 1 aliphatic carbocycles. The van der Waals surface area contributed by atoms with Gasteiger partial charge in [-0.3, -0.25) is 5.10 Å². The third-order valence-corrected chi connectivity index (χ3v) is 4.70. The van der Waals surface area contributed by atoms with Gasteiger partial charge in [-0.25, -0.2) is 9.97 Å². The lowest BCUT2D eigenvalue weighted by atomic mass is 9.99. The van der Waals surface area contributed by atoms with Gasteiger partial charge >= 0.3 is 0 Å². The van der Waals surface area contributed by atoms with E-state index >= 15 is 0 Å². The van der Waals surface area contributed by atoms with Crippen LogP contribution in [0.15, 0.2) is 31.0 Å². The molecule has 1 fully saturated rings. The van der Waals surface area contributed by atoms with Crippen LogP contribution in [0.2, 0.25) is 0 Å². The Morgan fingerprint density at radius 3 is 2.91 bits per heavy atom. The summed E-state index contributed by atoms with van der Waals surface area (Å²) in [4.78, 5) is 8.54. The van der Waals surface area contributed by atoms with Crippen LogP contribution in [-0.4, -0.2) is 54.2 Å². The summed E-state index contributed by atoms with van der Waals surface area (Å²) in [7, 11) is 1.81. The van der Waals surface area contributed by atoms with E-state index in [1.807, 2.05) is 23.9 Å². The Hall–Kier alpha value is -2.45. The summed E-state index contributed by atoms with van der Waals surface area (Å²) >= 11 is 0. The molecule has 4 N–H and O–H groups in total. The number of hydrogen-bond donors (Lipinski definition) is 4. The molecule has 3 heterocycles. The fraction of sp³-hybridized carbons (Fsp3) is 0.400. The zero-order chi connectivity index (χ0) is 16.0. The fourth-order valence-corrected chi connectivity index (χ4v) is 3.52. The summed E-state index contributed by atoms with van der Waals surface area (Å²) in [5.41, 5.74) is 1.65.